The fourth-order valence-electron chi connectivity index (χ4n) is 7.11. The summed E-state index contributed by atoms with van der Waals surface area (Å²) in [7, 11) is 0. The predicted octanol–water partition coefficient (Wildman–Crippen LogP) is 7.88. The van der Waals surface area contributed by atoms with E-state index in [1.165, 1.54) is 0 Å². The number of esters is 1. The molecule has 0 bridgehead atoms. The SMILES string of the molecule is CCCCOc1ccc2c(c1)Oc1cc(OCC3=C(C)N4C(=O)C(CC(=O)Cc5cccs5)C4SC3)ccc1C21OC(=O)c2ccccc21. The van der Waals surface area contributed by atoms with Crippen LogP contribution in [0.4, 0.5) is 0 Å². The number of fused-ring (bicyclic) bond motifs is 7. The molecule has 0 radical (unpaired) electrons. The lowest BCUT2D eigenvalue weighted by Gasteiger charge is -2.50. The van der Waals surface area contributed by atoms with Crippen LogP contribution in [-0.4, -0.2) is 46.9 Å². The first-order valence-corrected chi connectivity index (χ1v) is 18.5. The van der Waals surface area contributed by atoms with Gasteiger partial charge in [-0.15, -0.1) is 23.1 Å². The number of ketones is 1. The summed E-state index contributed by atoms with van der Waals surface area (Å²) >= 11 is 3.25. The van der Waals surface area contributed by atoms with Gasteiger partial charge in [-0.2, -0.15) is 0 Å². The van der Waals surface area contributed by atoms with Crippen LogP contribution in [0.3, 0.4) is 0 Å². The van der Waals surface area contributed by atoms with Crippen molar-refractivity contribution >= 4 is 40.8 Å². The van der Waals surface area contributed by atoms with Gasteiger partial charge >= 0.3 is 5.97 Å². The highest BCUT2D eigenvalue weighted by Gasteiger charge is 2.54. The summed E-state index contributed by atoms with van der Waals surface area (Å²) in [6.45, 7) is 4.96. The molecule has 1 amide bonds. The maximum atomic E-state index is 13.2. The first-order valence-electron chi connectivity index (χ1n) is 16.6. The van der Waals surface area contributed by atoms with Gasteiger partial charge < -0.3 is 23.8 Å². The number of carbonyl (C=O) groups is 3. The Morgan fingerprint density at radius 2 is 1.71 bits per heavy atom. The van der Waals surface area contributed by atoms with Crippen LogP contribution < -0.4 is 14.2 Å². The number of unbranched alkanes of at least 4 members (excludes halogenated alkanes) is 1. The predicted molar refractivity (Wildman–Crippen MR) is 188 cm³/mol. The van der Waals surface area contributed by atoms with Gasteiger partial charge in [0, 0.05) is 58.0 Å². The molecule has 8 nitrogen and oxygen atoms in total. The van der Waals surface area contributed by atoms with Crippen LogP contribution in [0.25, 0.3) is 0 Å². The second-order valence-corrected chi connectivity index (χ2v) is 14.9. The second-order valence-electron chi connectivity index (χ2n) is 12.7. The number of amides is 1. The molecule has 250 valence electrons. The van der Waals surface area contributed by atoms with Crippen molar-refractivity contribution in [3.63, 3.8) is 0 Å². The number of Topliss-reactive ketones (excluding diaryl/α,β-unsaturated/α-hetero) is 1. The third kappa shape index (κ3) is 5.41. The van der Waals surface area contributed by atoms with E-state index < -0.39 is 5.60 Å². The summed E-state index contributed by atoms with van der Waals surface area (Å²) in [6.07, 6.45) is 2.62. The third-order valence-electron chi connectivity index (χ3n) is 9.69. The Morgan fingerprint density at radius 3 is 2.45 bits per heavy atom. The summed E-state index contributed by atoms with van der Waals surface area (Å²) < 4.78 is 25.1. The number of nitrogens with zero attached hydrogens (tertiary/aromatic N) is 1. The van der Waals surface area contributed by atoms with Crippen molar-refractivity contribution in [2.45, 2.75) is 50.5 Å². The van der Waals surface area contributed by atoms with Gasteiger partial charge in [0.05, 0.1) is 23.5 Å². The minimum Gasteiger partial charge on any atom is -0.493 e. The molecule has 10 heteroatoms. The number of benzene rings is 3. The van der Waals surface area contributed by atoms with E-state index in [4.69, 9.17) is 18.9 Å². The molecule has 1 spiro atoms. The topological polar surface area (TPSA) is 91.4 Å². The van der Waals surface area contributed by atoms with E-state index in [9.17, 15) is 14.4 Å². The molecule has 4 aliphatic rings. The van der Waals surface area contributed by atoms with Crippen molar-refractivity contribution < 1.29 is 33.3 Å². The average molecular weight is 694 g/mol. The first-order chi connectivity index (χ1) is 23.9. The smallest absolute Gasteiger partial charge is 0.340 e. The number of hydrogen-bond donors (Lipinski definition) is 0. The lowest BCUT2D eigenvalue weighted by Crippen LogP contribution is -2.60. The molecule has 49 heavy (non-hydrogen) atoms. The molecule has 0 N–H and O–H groups in total. The zero-order valence-electron chi connectivity index (χ0n) is 27.2. The number of β-lactam (4-membered cyclic amide) rings is 1. The molecule has 3 unspecified atom stereocenters. The van der Waals surface area contributed by atoms with E-state index in [0.717, 1.165) is 40.1 Å². The van der Waals surface area contributed by atoms with Crippen LogP contribution in [-0.2, 0) is 26.3 Å². The van der Waals surface area contributed by atoms with Crippen molar-refractivity contribution in [2.24, 2.45) is 5.92 Å². The molecular formula is C39H35NO7S2. The molecule has 1 saturated heterocycles. The Kier molecular flexibility index (Phi) is 8.24. The van der Waals surface area contributed by atoms with Gasteiger partial charge in [0.2, 0.25) is 5.91 Å². The van der Waals surface area contributed by atoms with E-state index in [0.29, 0.717) is 59.5 Å². The molecule has 1 aromatic heterocycles. The van der Waals surface area contributed by atoms with Crippen molar-refractivity contribution in [2.75, 3.05) is 19.0 Å². The molecule has 8 rings (SSSR count). The zero-order valence-corrected chi connectivity index (χ0v) is 28.9. The Hall–Kier alpha value is -4.54. The number of ether oxygens (including phenoxy) is 4. The maximum absolute atomic E-state index is 13.2. The summed E-state index contributed by atoms with van der Waals surface area (Å²) in [5, 5.41) is 1.94. The molecule has 3 aromatic carbocycles. The van der Waals surface area contributed by atoms with E-state index in [1.54, 1.807) is 29.2 Å². The van der Waals surface area contributed by atoms with E-state index in [2.05, 4.69) is 6.92 Å². The molecule has 4 aliphatic heterocycles. The normalized spacial score (nSPS) is 21.6. The lowest BCUT2D eigenvalue weighted by atomic mass is 9.77. The minimum absolute atomic E-state index is 0.00214. The second kappa shape index (κ2) is 12.7. The number of hydrogen-bond acceptors (Lipinski definition) is 9. The molecular weight excluding hydrogens is 659 g/mol. The standard InChI is InChI=1S/C39H35NO7S2/c1-3-4-15-44-26-11-13-32-34(19-26)46-35-20-27(12-14-33(35)39(32)31-10-6-5-9-29(31)38(43)47-39)45-21-24-22-49-37-30(36(42)40(37)23(24)2)18-25(41)17-28-8-7-16-48-28/h5-14,16,19-20,30,37H,3-4,15,17-18,21-22H2,1-2H3. The Labute approximate surface area is 293 Å². The highest BCUT2D eigenvalue weighted by molar-refractivity contribution is 8.00. The summed E-state index contributed by atoms with van der Waals surface area (Å²) in [4.78, 5) is 41.9. The van der Waals surface area contributed by atoms with Gasteiger partial charge in [-0.3, -0.25) is 9.59 Å². The number of rotatable bonds is 11. The van der Waals surface area contributed by atoms with Gasteiger partial charge in [0.1, 0.15) is 35.4 Å². The molecule has 5 heterocycles. The van der Waals surface area contributed by atoms with Gasteiger partial charge in [-0.1, -0.05) is 37.6 Å². The highest BCUT2D eigenvalue weighted by atomic mass is 32.2. The van der Waals surface area contributed by atoms with E-state index in [-0.39, 0.29) is 35.4 Å². The van der Waals surface area contributed by atoms with Gasteiger partial charge in [-0.25, -0.2) is 4.79 Å². The van der Waals surface area contributed by atoms with Gasteiger partial charge in [-0.05, 0) is 60.7 Å². The molecule has 1 fully saturated rings. The summed E-state index contributed by atoms with van der Waals surface area (Å²) in [5.41, 5.74) is 3.46. The van der Waals surface area contributed by atoms with Crippen LogP contribution in [0.5, 0.6) is 23.0 Å². The number of carbonyl (C=O) groups excluding carboxylic acids is 3. The first kappa shape index (κ1) is 31.7. The average Bonchev–Trinajstić information content (AvgIpc) is 3.72. The molecule has 3 atom stereocenters. The number of thioether (sulfide) groups is 1. The van der Waals surface area contributed by atoms with Crippen LogP contribution in [0.1, 0.15) is 65.0 Å². The van der Waals surface area contributed by atoms with Gasteiger partial charge in [0.15, 0.2) is 5.60 Å². The third-order valence-corrected chi connectivity index (χ3v) is 12.0. The largest absolute Gasteiger partial charge is 0.493 e. The van der Waals surface area contributed by atoms with Crippen molar-refractivity contribution in [1.29, 1.82) is 0 Å². The lowest BCUT2D eigenvalue weighted by molar-refractivity contribution is -0.149. The van der Waals surface area contributed by atoms with Crippen LogP contribution in [0, 0.1) is 5.92 Å². The van der Waals surface area contributed by atoms with Crippen molar-refractivity contribution in [1.82, 2.24) is 4.90 Å². The Morgan fingerprint density at radius 1 is 0.959 bits per heavy atom. The van der Waals surface area contributed by atoms with E-state index >= 15 is 0 Å². The van der Waals surface area contributed by atoms with Crippen LogP contribution >= 0.6 is 23.1 Å². The van der Waals surface area contributed by atoms with Crippen molar-refractivity contribution in [3.8, 4) is 23.0 Å². The van der Waals surface area contributed by atoms with Crippen molar-refractivity contribution in [3.05, 3.63) is 117 Å². The minimum atomic E-state index is -1.18. The number of thiophene rings is 1. The van der Waals surface area contributed by atoms with Crippen LogP contribution in [0.2, 0.25) is 0 Å². The van der Waals surface area contributed by atoms with Crippen LogP contribution in [0.15, 0.2) is 89.4 Å². The van der Waals surface area contributed by atoms with E-state index in [1.807, 2.05) is 83.9 Å². The Bertz CT molecular complexity index is 2000. The zero-order chi connectivity index (χ0) is 33.7. The molecule has 0 aliphatic carbocycles. The summed E-state index contributed by atoms with van der Waals surface area (Å²) in [5.74, 6) is 2.49. The van der Waals surface area contributed by atoms with Gasteiger partial charge in [0.25, 0.3) is 0 Å². The monoisotopic (exact) mass is 693 g/mol. The maximum Gasteiger partial charge on any atom is 0.340 e. The summed E-state index contributed by atoms with van der Waals surface area (Å²) in [6, 6.07) is 22.6. The number of allylic oxidation sites excluding steroid dienone is 1. The quantitative estimate of drug-likeness (QED) is 0.0891. The fraction of sp³-hybridized carbons (Fsp3) is 0.308. The molecule has 4 aromatic rings. The Balaban J connectivity index is 1.03. The highest BCUT2D eigenvalue weighted by Crippen LogP contribution is 2.57. The molecule has 0 saturated carbocycles. The fourth-order valence-corrected chi connectivity index (χ4v) is 9.37.